The Kier molecular flexibility index (Phi) is 3.67. The highest BCUT2D eigenvalue weighted by Gasteiger charge is 2.36. The number of aryl methyl sites for hydroxylation is 1. The van der Waals surface area contributed by atoms with Gasteiger partial charge in [-0.15, -0.1) is 0 Å². The molecular formula is C14H10F4N2O. The standard InChI is InChI=1S/C14H10F4N2O/c1-7-5-9(13(19)20-6-7)12(21)8-3-2-4-10(11(8)15)14(16,17)18/h2-6H,1H3,(H2,19,20). The Morgan fingerprint density at radius 2 is 1.90 bits per heavy atom. The van der Waals surface area contributed by atoms with Crippen LogP contribution < -0.4 is 5.73 Å². The summed E-state index contributed by atoms with van der Waals surface area (Å²) in [4.78, 5) is 15.9. The van der Waals surface area contributed by atoms with Gasteiger partial charge in [-0.25, -0.2) is 9.37 Å². The minimum absolute atomic E-state index is 0.131. The molecule has 7 heteroatoms. The first kappa shape index (κ1) is 15.0. The Bertz CT molecular complexity index is 711. The lowest BCUT2D eigenvalue weighted by molar-refractivity contribution is -0.140. The normalized spacial score (nSPS) is 11.5. The van der Waals surface area contributed by atoms with Crippen molar-refractivity contribution in [2.75, 3.05) is 5.73 Å². The second-order valence-corrected chi connectivity index (χ2v) is 4.44. The van der Waals surface area contributed by atoms with Gasteiger partial charge in [0.2, 0.25) is 0 Å². The van der Waals surface area contributed by atoms with Gasteiger partial charge in [0.1, 0.15) is 11.6 Å². The molecule has 0 aliphatic rings. The number of ketones is 1. The second kappa shape index (κ2) is 5.16. The quantitative estimate of drug-likeness (QED) is 0.683. The average molecular weight is 298 g/mol. The van der Waals surface area contributed by atoms with E-state index in [1.807, 2.05) is 0 Å². The molecule has 0 fully saturated rings. The largest absolute Gasteiger partial charge is 0.419 e. The average Bonchev–Trinajstić information content (AvgIpc) is 2.39. The molecule has 0 aliphatic heterocycles. The smallest absolute Gasteiger partial charge is 0.383 e. The summed E-state index contributed by atoms with van der Waals surface area (Å²) in [7, 11) is 0. The summed E-state index contributed by atoms with van der Waals surface area (Å²) in [5.41, 5.74) is 3.79. The SMILES string of the molecule is Cc1cnc(N)c(C(=O)c2cccc(C(F)(F)F)c2F)c1. The number of hydrogen-bond acceptors (Lipinski definition) is 3. The number of halogens is 4. The van der Waals surface area contributed by atoms with Crippen molar-refractivity contribution in [2.45, 2.75) is 13.1 Å². The predicted molar refractivity (Wildman–Crippen MR) is 68.2 cm³/mol. The third kappa shape index (κ3) is 2.86. The summed E-state index contributed by atoms with van der Waals surface area (Å²) in [6.45, 7) is 1.63. The van der Waals surface area contributed by atoms with Crippen molar-refractivity contribution < 1.29 is 22.4 Å². The summed E-state index contributed by atoms with van der Waals surface area (Å²) in [6.07, 6.45) is -3.48. The number of nitrogen functional groups attached to an aromatic ring is 1. The monoisotopic (exact) mass is 298 g/mol. The molecule has 0 amide bonds. The van der Waals surface area contributed by atoms with Crippen LogP contribution in [0.5, 0.6) is 0 Å². The van der Waals surface area contributed by atoms with Crippen molar-refractivity contribution in [3.05, 3.63) is 58.5 Å². The van der Waals surface area contributed by atoms with Crippen molar-refractivity contribution >= 4 is 11.6 Å². The van der Waals surface area contributed by atoms with E-state index in [4.69, 9.17) is 5.73 Å². The van der Waals surface area contributed by atoms with Gasteiger partial charge < -0.3 is 5.73 Å². The predicted octanol–water partition coefficient (Wildman–Crippen LogP) is 3.36. The topological polar surface area (TPSA) is 56.0 Å². The molecule has 1 aromatic heterocycles. The minimum Gasteiger partial charge on any atom is -0.383 e. The van der Waals surface area contributed by atoms with Gasteiger partial charge in [-0.2, -0.15) is 13.2 Å². The van der Waals surface area contributed by atoms with E-state index in [1.165, 1.54) is 12.3 Å². The molecule has 0 saturated carbocycles. The number of carbonyl (C=O) groups excluding carboxylic acids is 1. The number of benzene rings is 1. The molecule has 2 N–H and O–H groups in total. The number of pyridine rings is 1. The Balaban J connectivity index is 2.57. The number of carbonyl (C=O) groups is 1. The Morgan fingerprint density at radius 3 is 2.52 bits per heavy atom. The van der Waals surface area contributed by atoms with Crippen LogP contribution >= 0.6 is 0 Å². The van der Waals surface area contributed by atoms with Gasteiger partial charge in [0.25, 0.3) is 0 Å². The molecule has 21 heavy (non-hydrogen) atoms. The van der Waals surface area contributed by atoms with Gasteiger partial charge >= 0.3 is 6.18 Å². The van der Waals surface area contributed by atoms with Crippen LogP contribution in [0.4, 0.5) is 23.4 Å². The lowest BCUT2D eigenvalue weighted by atomic mass is 10.00. The Hall–Kier alpha value is -2.44. The number of nitrogens with two attached hydrogens (primary N) is 1. The molecule has 2 aromatic rings. The van der Waals surface area contributed by atoms with Crippen LogP contribution in [0.25, 0.3) is 0 Å². The number of rotatable bonds is 2. The molecule has 0 saturated heterocycles. The fourth-order valence-corrected chi connectivity index (χ4v) is 1.83. The molecule has 3 nitrogen and oxygen atoms in total. The van der Waals surface area contributed by atoms with Crippen molar-refractivity contribution in [2.24, 2.45) is 0 Å². The van der Waals surface area contributed by atoms with E-state index in [1.54, 1.807) is 6.92 Å². The van der Waals surface area contributed by atoms with Crippen LogP contribution in [0.3, 0.4) is 0 Å². The molecule has 0 radical (unpaired) electrons. The highest BCUT2D eigenvalue weighted by atomic mass is 19.4. The highest BCUT2D eigenvalue weighted by Crippen LogP contribution is 2.33. The lowest BCUT2D eigenvalue weighted by Crippen LogP contribution is -2.14. The van der Waals surface area contributed by atoms with Crippen LogP contribution in [0.1, 0.15) is 27.0 Å². The third-order valence-electron chi connectivity index (χ3n) is 2.85. The molecule has 0 bridgehead atoms. The zero-order valence-corrected chi connectivity index (χ0v) is 10.8. The van der Waals surface area contributed by atoms with E-state index in [0.717, 1.165) is 12.1 Å². The Morgan fingerprint density at radius 1 is 1.24 bits per heavy atom. The van der Waals surface area contributed by atoms with Gasteiger partial charge in [-0.05, 0) is 30.7 Å². The van der Waals surface area contributed by atoms with Crippen molar-refractivity contribution in [3.8, 4) is 0 Å². The zero-order valence-electron chi connectivity index (χ0n) is 10.8. The van der Waals surface area contributed by atoms with Gasteiger partial charge in [-0.3, -0.25) is 4.79 Å². The first-order valence-corrected chi connectivity index (χ1v) is 5.84. The second-order valence-electron chi connectivity index (χ2n) is 4.44. The fourth-order valence-electron chi connectivity index (χ4n) is 1.83. The molecule has 2 rings (SSSR count). The molecule has 110 valence electrons. The summed E-state index contributed by atoms with van der Waals surface area (Å²) < 4.78 is 51.9. The van der Waals surface area contributed by atoms with Crippen LogP contribution in [0.2, 0.25) is 0 Å². The van der Waals surface area contributed by atoms with Crippen LogP contribution in [-0.4, -0.2) is 10.8 Å². The van der Waals surface area contributed by atoms with Crippen molar-refractivity contribution in [1.29, 1.82) is 0 Å². The lowest BCUT2D eigenvalue weighted by Gasteiger charge is -2.11. The highest BCUT2D eigenvalue weighted by molar-refractivity contribution is 6.11. The van der Waals surface area contributed by atoms with E-state index in [-0.39, 0.29) is 11.4 Å². The van der Waals surface area contributed by atoms with E-state index in [0.29, 0.717) is 11.6 Å². The van der Waals surface area contributed by atoms with Crippen LogP contribution in [0, 0.1) is 12.7 Å². The number of alkyl halides is 3. The number of nitrogens with zero attached hydrogens (tertiary/aromatic N) is 1. The van der Waals surface area contributed by atoms with Gasteiger partial charge in [0.05, 0.1) is 16.7 Å². The number of hydrogen-bond donors (Lipinski definition) is 1. The van der Waals surface area contributed by atoms with E-state index in [9.17, 15) is 22.4 Å². The fraction of sp³-hybridized carbons (Fsp3) is 0.143. The molecule has 0 aliphatic carbocycles. The molecule has 0 unspecified atom stereocenters. The van der Waals surface area contributed by atoms with Crippen molar-refractivity contribution in [3.63, 3.8) is 0 Å². The molecule has 0 atom stereocenters. The number of anilines is 1. The minimum atomic E-state index is -4.88. The summed E-state index contributed by atoms with van der Waals surface area (Å²) in [5, 5.41) is 0. The molecule has 0 spiro atoms. The van der Waals surface area contributed by atoms with E-state index < -0.39 is 28.9 Å². The molecule has 1 aromatic carbocycles. The maximum absolute atomic E-state index is 13.9. The first-order chi connectivity index (χ1) is 9.71. The maximum atomic E-state index is 13.9. The Labute approximate surface area is 117 Å². The maximum Gasteiger partial charge on any atom is 0.419 e. The molecular weight excluding hydrogens is 288 g/mol. The first-order valence-electron chi connectivity index (χ1n) is 5.84. The summed E-state index contributed by atoms with van der Waals surface area (Å²) in [5.74, 6) is -2.72. The van der Waals surface area contributed by atoms with Crippen LogP contribution in [0.15, 0.2) is 30.5 Å². The van der Waals surface area contributed by atoms with E-state index >= 15 is 0 Å². The van der Waals surface area contributed by atoms with E-state index in [2.05, 4.69) is 4.98 Å². The summed E-state index contributed by atoms with van der Waals surface area (Å²) in [6, 6.07) is 3.88. The van der Waals surface area contributed by atoms with Crippen LogP contribution in [-0.2, 0) is 6.18 Å². The number of aromatic nitrogens is 1. The summed E-state index contributed by atoms with van der Waals surface area (Å²) >= 11 is 0. The van der Waals surface area contributed by atoms with Gasteiger partial charge in [0.15, 0.2) is 5.78 Å². The van der Waals surface area contributed by atoms with Gasteiger partial charge in [-0.1, -0.05) is 6.07 Å². The zero-order chi connectivity index (χ0) is 15.8. The molecule has 1 heterocycles. The third-order valence-corrected chi connectivity index (χ3v) is 2.85. The van der Waals surface area contributed by atoms with Gasteiger partial charge in [0, 0.05) is 6.20 Å². The van der Waals surface area contributed by atoms with Crippen molar-refractivity contribution in [1.82, 2.24) is 4.98 Å².